The number of hydrogen-bond donors (Lipinski definition) is 0. The SMILES string of the molecule is COc1ccc(C2CC2C(=O)N(C)CC(=O)N2CCCC2)cc1. The molecule has 1 aliphatic carbocycles. The molecule has 2 fully saturated rings. The zero-order valence-corrected chi connectivity index (χ0v) is 13.8. The van der Waals surface area contributed by atoms with Crippen LogP contribution >= 0.6 is 0 Å². The third-order valence-electron chi connectivity index (χ3n) is 4.86. The summed E-state index contributed by atoms with van der Waals surface area (Å²) in [5.74, 6) is 1.27. The summed E-state index contributed by atoms with van der Waals surface area (Å²) in [6.07, 6.45) is 3.02. The van der Waals surface area contributed by atoms with E-state index < -0.39 is 0 Å². The number of likely N-dealkylation sites (N-methyl/N-ethyl adjacent to an activating group) is 1. The molecule has 0 N–H and O–H groups in total. The van der Waals surface area contributed by atoms with E-state index in [0.717, 1.165) is 38.1 Å². The number of hydrogen-bond acceptors (Lipinski definition) is 3. The van der Waals surface area contributed by atoms with Crippen LogP contribution in [0.3, 0.4) is 0 Å². The number of rotatable bonds is 5. The van der Waals surface area contributed by atoms with E-state index in [1.54, 1.807) is 19.1 Å². The van der Waals surface area contributed by atoms with Gasteiger partial charge in [-0.2, -0.15) is 0 Å². The summed E-state index contributed by atoms with van der Waals surface area (Å²) >= 11 is 0. The van der Waals surface area contributed by atoms with Crippen molar-refractivity contribution in [1.82, 2.24) is 9.80 Å². The van der Waals surface area contributed by atoms with Crippen molar-refractivity contribution >= 4 is 11.8 Å². The maximum absolute atomic E-state index is 12.5. The van der Waals surface area contributed by atoms with Crippen molar-refractivity contribution in [3.63, 3.8) is 0 Å². The molecule has 1 saturated heterocycles. The summed E-state index contributed by atoms with van der Waals surface area (Å²) in [6, 6.07) is 7.89. The van der Waals surface area contributed by atoms with Crippen LogP contribution in [0.15, 0.2) is 24.3 Å². The summed E-state index contributed by atoms with van der Waals surface area (Å²) < 4.78 is 5.16. The number of methoxy groups -OCH3 is 1. The number of nitrogens with zero attached hydrogens (tertiary/aromatic N) is 2. The molecule has 5 heteroatoms. The molecule has 5 nitrogen and oxygen atoms in total. The monoisotopic (exact) mass is 316 g/mol. The average molecular weight is 316 g/mol. The van der Waals surface area contributed by atoms with Crippen LogP contribution in [0.5, 0.6) is 5.75 Å². The van der Waals surface area contributed by atoms with Gasteiger partial charge in [0, 0.05) is 26.1 Å². The molecule has 124 valence electrons. The normalized spacial score (nSPS) is 22.8. The van der Waals surface area contributed by atoms with Gasteiger partial charge in [-0.25, -0.2) is 0 Å². The Morgan fingerprint density at radius 1 is 1.22 bits per heavy atom. The highest BCUT2D eigenvalue weighted by Crippen LogP contribution is 2.48. The Morgan fingerprint density at radius 3 is 2.48 bits per heavy atom. The molecular formula is C18H24N2O3. The molecular weight excluding hydrogens is 292 g/mol. The van der Waals surface area contributed by atoms with Gasteiger partial charge in [0.15, 0.2) is 0 Å². The first-order chi connectivity index (χ1) is 11.1. The predicted octanol–water partition coefficient (Wildman–Crippen LogP) is 1.88. The number of ether oxygens (including phenoxy) is 1. The van der Waals surface area contributed by atoms with Gasteiger partial charge in [-0.15, -0.1) is 0 Å². The number of carbonyl (C=O) groups is 2. The molecule has 2 amide bonds. The first kappa shape index (κ1) is 15.8. The van der Waals surface area contributed by atoms with Crippen LogP contribution in [0.4, 0.5) is 0 Å². The van der Waals surface area contributed by atoms with Crippen LogP contribution in [-0.2, 0) is 9.59 Å². The Kier molecular flexibility index (Phi) is 4.55. The van der Waals surface area contributed by atoms with Crippen LogP contribution in [0.25, 0.3) is 0 Å². The molecule has 1 saturated carbocycles. The topological polar surface area (TPSA) is 49.9 Å². The van der Waals surface area contributed by atoms with Crippen molar-refractivity contribution in [2.75, 3.05) is 33.8 Å². The van der Waals surface area contributed by atoms with E-state index in [2.05, 4.69) is 0 Å². The van der Waals surface area contributed by atoms with Gasteiger partial charge < -0.3 is 14.5 Å². The van der Waals surface area contributed by atoms with Gasteiger partial charge in [-0.3, -0.25) is 9.59 Å². The molecule has 0 aromatic heterocycles. The maximum Gasteiger partial charge on any atom is 0.242 e. The first-order valence-corrected chi connectivity index (χ1v) is 8.27. The van der Waals surface area contributed by atoms with Crippen LogP contribution in [0.2, 0.25) is 0 Å². The number of benzene rings is 1. The lowest BCUT2D eigenvalue weighted by Gasteiger charge is -2.21. The molecule has 1 aliphatic heterocycles. The Balaban J connectivity index is 1.53. The van der Waals surface area contributed by atoms with E-state index in [9.17, 15) is 9.59 Å². The Morgan fingerprint density at radius 2 is 1.87 bits per heavy atom. The molecule has 23 heavy (non-hydrogen) atoms. The van der Waals surface area contributed by atoms with E-state index >= 15 is 0 Å². The fourth-order valence-corrected chi connectivity index (χ4v) is 3.32. The lowest BCUT2D eigenvalue weighted by Crippen LogP contribution is -2.40. The second-order valence-electron chi connectivity index (χ2n) is 6.50. The van der Waals surface area contributed by atoms with Crippen LogP contribution < -0.4 is 4.74 Å². The minimum absolute atomic E-state index is 0.0137. The van der Waals surface area contributed by atoms with E-state index in [-0.39, 0.29) is 30.2 Å². The van der Waals surface area contributed by atoms with Crippen LogP contribution in [0, 0.1) is 5.92 Å². The van der Waals surface area contributed by atoms with E-state index in [4.69, 9.17) is 4.74 Å². The first-order valence-electron chi connectivity index (χ1n) is 8.27. The molecule has 0 spiro atoms. The van der Waals surface area contributed by atoms with E-state index in [1.165, 1.54) is 5.56 Å². The van der Waals surface area contributed by atoms with Gasteiger partial charge >= 0.3 is 0 Å². The van der Waals surface area contributed by atoms with Crippen molar-refractivity contribution in [3.05, 3.63) is 29.8 Å². The van der Waals surface area contributed by atoms with E-state index in [1.807, 2.05) is 29.2 Å². The van der Waals surface area contributed by atoms with Gasteiger partial charge in [-0.05, 0) is 42.9 Å². The molecule has 2 unspecified atom stereocenters. The third-order valence-corrected chi connectivity index (χ3v) is 4.86. The van der Waals surface area contributed by atoms with Crippen LogP contribution in [0.1, 0.15) is 30.7 Å². The largest absolute Gasteiger partial charge is 0.497 e. The maximum atomic E-state index is 12.5. The standard InChI is InChI=1S/C18H24N2O3/c1-19(12-17(21)20-9-3-4-10-20)18(22)16-11-15(16)13-5-7-14(23-2)8-6-13/h5-8,15-16H,3-4,9-12H2,1-2H3. The second-order valence-corrected chi connectivity index (χ2v) is 6.50. The van der Waals surface area contributed by atoms with Gasteiger partial charge in [0.05, 0.1) is 13.7 Å². The lowest BCUT2D eigenvalue weighted by molar-refractivity contribution is -0.139. The van der Waals surface area contributed by atoms with Crippen molar-refractivity contribution < 1.29 is 14.3 Å². The molecule has 1 aromatic rings. The predicted molar refractivity (Wildman–Crippen MR) is 87.3 cm³/mol. The Bertz CT molecular complexity index is 578. The average Bonchev–Trinajstić information content (AvgIpc) is 3.17. The molecule has 0 bridgehead atoms. The summed E-state index contributed by atoms with van der Waals surface area (Å²) in [7, 11) is 3.38. The van der Waals surface area contributed by atoms with Gasteiger partial charge in [0.1, 0.15) is 5.75 Å². The molecule has 1 heterocycles. The highest BCUT2D eigenvalue weighted by atomic mass is 16.5. The molecule has 0 radical (unpaired) electrons. The van der Waals surface area contributed by atoms with Gasteiger partial charge in [0.25, 0.3) is 0 Å². The minimum atomic E-state index is 0.0137. The zero-order valence-electron chi connectivity index (χ0n) is 13.8. The Hall–Kier alpha value is -2.04. The number of amides is 2. The third kappa shape index (κ3) is 3.49. The quantitative estimate of drug-likeness (QED) is 0.833. The highest BCUT2D eigenvalue weighted by Gasteiger charge is 2.45. The minimum Gasteiger partial charge on any atom is -0.497 e. The number of carbonyl (C=O) groups excluding carboxylic acids is 2. The highest BCUT2D eigenvalue weighted by molar-refractivity contribution is 5.88. The summed E-state index contributed by atoms with van der Waals surface area (Å²) in [5.41, 5.74) is 1.17. The molecule has 2 atom stereocenters. The van der Waals surface area contributed by atoms with Crippen LogP contribution in [-0.4, -0.2) is 55.4 Å². The van der Waals surface area contributed by atoms with Crippen molar-refractivity contribution in [2.45, 2.75) is 25.2 Å². The molecule has 1 aromatic carbocycles. The number of likely N-dealkylation sites (tertiary alicyclic amines) is 1. The molecule has 3 rings (SSSR count). The fourth-order valence-electron chi connectivity index (χ4n) is 3.32. The summed E-state index contributed by atoms with van der Waals surface area (Å²) in [5, 5.41) is 0. The smallest absolute Gasteiger partial charge is 0.242 e. The van der Waals surface area contributed by atoms with Crippen molar-refractivity contribution in [3.8, 4) is 5.75 Å². The summed E-state index contributed by atoms with van der Waals surface area (Å²) in [6.45, 7) is 1.86. The van der Waals surface area contributed by atoms with E-state index in [0.29, 0.717) is 0 Å². The second kappa shape index (κ2) is 6.60. The van der Waals surface area contributed by atoms with Crippen molar-refractivity contribution in [1.29, 1.82) is 0 Å². The Labute approximate surface area is 137 Å². The van der Waals surface area contributed by atoms with Gasteiger partial charge in [0.2, 0.25) is 11.8 Å². The summed E-state index contributed by atoms with van der Waals surface area (Å²) in [4.78, 5) is 28.1. The molecule has 2 aliphatic rings. The lowest BCUT2D eigenvalue weighted by atomic mass is 10.1. The zero-order chi connectivity index (χ0) is 16.4. The fraction of sp³-hybridized carbons (Fsp3) is 0.556. The van der Waals surface area contributed by atoms with Gasteiger partial charge in [-0.1, -0.05) is 12.1 Å². The van der Waals surface area contributed by atoms with Crippen molar-refractivity contribution in [2.24, 2.45) is 5.92 Å².